The van der Waals surface area contributed by atoms with Crippen LogP contribution in [0.3, 0.4) is 0 Å². The predicted octanol–water partition coefficient (Wildman–Crippen LogP) is 5.87. The highest BCUT2D eigenvalue weighted by Gasteiger charge is 2.13. The van der Waals surface area contributed by atoms with E-state index < -0.39 is 0 Å². The van der Waals surface area contributed by atoms with Crippen molar-refractivity contribution in [1.29, 1.82) is 0 Å². The summed E-state index contributed by atoms with van der Waals surface area (Å²) < 4.78 is 5.33. The van der Waals surface area contributed by atoms with Crippen molar-refractivity contribution in [3.8, 4) is 16.9 Å². The number of alkyl halides is 1. The van der Waals surface area contributed by atoms with Gasteiger partial charge in [0, 0.05) is 18.1 Å². The van der Waals surface area contributed by atoms with Crippen molar-refractivity contribution in [3.63, 3.8) is 0 Å². The van der Waals surface area contributed by atoms with E-state index in [4.69, 9.17) is 16.3 Å². The molecule has 0 bridgehead atoms. The third kappa shape index (κ3) is 4.58. The molecule has 1 fully saturated rings. The van der Waals surface area contributed by atoms with Gasteiger partial charge in [-0.25, -0.2) is 0 Å². The molecular weight excluding hydrogens is 330 g/mol. The molecular formula is C22H26ClNO. The van der Waals surface area contributed by atoms with Crippen molar-refractivity contribution < 1.29 is 4.74 Å². The lowest BCUT2D eigenvalue weighted by molar-refractivity contribution is 0.415. The highest BCUT2D eigenvalue weighted by molar-refractivity contribution is 6.17. The first kappa shape index (κ1) is 17.9. The van der Waals surface area contributed by atoms with Crippen LogP contribution in [0.5, 0.6) is 5.75 Å². The molecule has 0 spiro atoms. The number of rotatable bonds is 6. The van der Waals surface area contributed by atoms with Crippen molar-refractivity contribution in [1.82, 2.24) is 5.32 Å². The van der Waals surface area contributed by atoms with Crippen LogP contribution in [-0.2, 0) is 0 Å². The summed E-state index contributed by atoms with van der Waals surface area (Å²) in [7, 11) is 1.70. The number of halogens is 1. The molecule has 0 aliphatic carbocycles. The van der Waals surface area contributed by atoms with Crippen molar-refractivity contribution in [3.05, 3.63) is 59.8 Å². The van der Waals surface area contributed by atoms with Crippen LogP contribution in [-0.4, -0.2) is 19.5 Å². The highest BCUT2D eigenvalue weighted by Crippen LogP contribution is 2.30. The lowest BCUT2D eigenvalue weighted by Gasteiger charge is -2.22. The number of allylic oxidation sites excluding steroid dienone is 2. The van der Waals surface area contributed by atoms with Crippen LogP contribution in [0.4, 0.5) is 0 Å². The molecule has 0 amide bonds. The normalized spacial score (nSPS) is 16.2. The lowest BCUT2D eigenvalue weighted by atomic mass is 9.93. The van der Waals surface area contributed by atoms with Gasteiger partial charge >= 0.3 is 0 Å². The van der Waals surface area contributed by atoms with Gasteiger partial charge in [-0.2, -0.15) is 0 Å². The van der Waals surface area contributed by atoms with Gasteiger partial charge in [-0.05, 0) is 66.5 Å². The van der Waals surface area contributed by atoms with Crippen LogP contribution < -0.4 is 10.1 Å². The van der Waals surface area contributed by atoms with E-state index in [9.17, 15) is 0 Å². The van der Waals surface area contributed by atoms with E-state index in [1.807, 2.05) is 12.1 Å². The van der Waals surface area contributed by atoms with Crippen molar-refractivity contribution >= 4 is 17.2 Å². The summed E-state index contributed by atoms with van der Waals surface area (Å²) in [6, 6.07) is 17.1. The monoisotopic (exact) mass is 355 g/mol. The van der Waals surface area contributed by atoms with E-state index >= 15 is 0 Å². The first-order chi connectivity index (χ1) is 12.3. The number of hydrogen-bond acceptors (Lipinski definition) is 2. The van der Waals surface area contributed by atoms with Gasteiger partial charge in [0.05, 0.1) is 7.11 Å². The Labute approximate surface area is 155 Å². The summed E-state index contributed by atoms with van der Waals surface area (Å²) in [4.78, 5) is 0. The maximum Gasteiger partial charge on any atom is 0.119 e. The van der Waals surface area contributed by atoms with Gasteiger partial charge in [0.25, 0.3) is 0 Å². The summed E-state index contributed by atoms with van der Waals surface area (Å²) in [5, 5.41) is 3.61. The molecule has 1 N–H and O–H groups in total. The molecule has 2 aromatic rings. The fourth-order valence-corrected chi connectivity index (χ4v) is 3.53. The average molecular weight is 356 g/mol. The molecule has 2 aromatic carbocycles. The SMILES string of the molecule is COc1cccc(-c2ccc(C(CCCCl)=C3CCCCN3)cc2)c1. The zero-order chi connectivity index (χ0) is 17.5. The Morgan fingerprint density at radius 3 is 2.60 bits per heavy atom. The standard InChI is InChI=1S/C22H26ClNO/c1-25-20-7-4-6-19(16-20)17-10-12-18(13-11-17)21(8-5-14-23)22-9-2-3-15-24-22/h4,6-7,10-13,16,24H,2-3,5,8-9,14-15H2,1H3. The fraction of sp³-hybridized carbons (Fsp3) is 0.364. The molecule has 2 nitrogen and oxygen atoms in total. The largest absolute Gasteiger partial charge is 0.497 e. The molecule has 1 aliphatic rings. The molecule has 0 unspecified atom stereocenters. The second-order valence-corrected chi connectivity index (χ2v) is 6.82. The Morgan fingerprint density at radius 1 is 1.08 bits per heavy atom. The third-order valence-electron chi connectivity index (χ3n) is 4.75. The van der Waals surface area contributed by atoms with E-state index in [1.165, 1.54) is 40.8 Å². The van der Waals surface area contributed by atoms with E-state index in [0.717, 1.165) is 31.6 Å². The summed E-state index contributed by atoms with van der Waals surface area (Å²) in [6.45, 7) is 1.08. The smallest absolute Gasteiger partial charge is 0.119 e. The Hall–Kier alpha value is -1.93. The van der Waals surface area contributed by atoms with Crippen LogP contribution in [0, 0.1) is 0 Å². The van der Waals surface area contributed by atoms with Crippen LogP contribution in [0.15, 0.2) is 54.2 Å². The molecule has 0 aromatic heterocycles. The maximum atomic E-state index is 5.95. The summed E-state index contributed by atoms with van der Waals surface area (Å²) in [5.41, 5.74) is 6.53. The Bertz CT molecular complexity index is 713. The number of methoxy groups -OCH3 is 1. The van der Waals surface area contributed by atoms with Crippen molar-refractivity contribution in [2.24, 2.45) is 0 Å². The first-order valence-corrected chi connectivity index (χ1v) is 9.62. The number of ether oxygens (including phenoxy) is 1. The molecule has 1 heterocycles. The zero-order valence-electron chi connectivity index (χ0n) is 14.9. The molecule has 1 saturated heterocycles. The van der Waals surface area contributed by atoms with E-state index in [1.54, 1.807) is 7.11 Å². The minimum Gasteiger partial charge on any atom is -0.497 e. The van der Waals surface area contributed by atoms with Gasteiger partial charge in [-0.1, -0.05) is 36.4 Å². The first-order valence-electron chi connectivity index (χ1n) is 9.08. The van der Waals surface area contributed by atoms with Crippen LogP contribution in [0.25, 0.3) is 16.7 Å². The molecule has 25 heavy (non-hydrogen) atoms. The molecule has 3 rings (SSSR count). The highest BCUT2D eigenvalue weighted by atomic mass is 35.5. The van der Waals surface area contributed by atoms with Crippen LogP contribution >= 0.6 is 11.6 Å². The summed E-state index contributed by atoms with van der Waals surface area (Å²) in [6.07, 6.45) is 5.73. The molecule has 0 radical (unpaired) electrons. The number of hydrogen-bond donors (Lipinski definition) is 1. The van der Waals surface area contributed by atoms with E-state index in [0.29, 0.717) is 5.88 Å². The molecule has 0 saturated carbocycles. The third-order valence-corrected chi connectivity index (χ3v) is 5.02. The second-order valence-electron chi connectivity index (χ2n) is 6.44. The number of benzene rings is 2. The maximum absolute atomic E-state index is 5.95. The van der Waals surface area contributed by atoms with Crippen molar-refractivity contribution in [2.75, 3.05) is 19.5 Å². The number of nitrogens with one attached hydrogen (secondary N) is 1. The zero-order valence-corrected chi connectivity index (χ0v) is 15.6. The van der Waals surface area contributed by atoms with E-state index in [-0.39, 0.29) is 0 Å². The minimum atomic E-state index is 0.707. The molecule has 1 aliphatic heterocycles. The van der Waals surface area contributed by atoms with E-state index in [2.05, 4.69) is 41.7 Å². The van der Waals surface area contributed by atoms with Crippen LogP contribution in [0.2, 0.25) is 0 Å². The van der Waals surface area contributed by atoms with Gasteiger partial charge in [-0.3, -0.25) is 0 Å². The van der Waals surface area contributed by atoms with Gasteiger partial charge in [-0.15, -0.1) is 11.6 Å². The Morgan fingerprint density at radius 2 is 1.92 bits per heavy atom. The Kier molecular flexibility index (Phi) is 6.41. The van der Waals surface area contributed by atoms with Crippen molar-refractivity contribution in [2.45, 2.75) is 32.1 Å². The Balaban J connectivity index is 1.88. The quantitative estimate of drug-likeness (QED) is 0.654. The van der Waals surface area contributed by atoms with Crippen LogP contribution in [0.1, 0.15) is 37.7 Å². The lowest BCUT2D eigenvalue weighted by Crippen LogP contribution is -2.21. The van der Waals surface area contributed by atoms with Gasteiger partial charge in [0.1, 0.15) is 5.75 Å². The summed E-state index contributed by atoms with van der Waals surface area (Å²) in [5.74, 6) is 1.59. The second kappa shape index (κ2) is 8.96. The number of piperidine rings is 1. The molecule has 3 heteroatoms. The summed E-state index contributed by atoms with van der Waals surface area (Å²) >= 11 is 5.95. The molecule has 132 valence electrons. The minimum absolute atomic E-state index is 0.707. The van der Waals surface area contributed by atoms with Gasteiger partial charge in [0.2, 0.25) is 0 Å². The predicted molar refractivity (Wildman–Crippen MR) is 107 cm³/mol. The van der Waals surface area contributed by atoms with Gasteiger partial charge in [0.15, 0.2) is 0 Å². The fourth-order valence-electron chi connectivity index (χ4n) is 3.39. The van der Waals surface area contributed by atoms with Gasteiger partial charge < -0.3 is 10.1 Å². The topological polar surface area (TPSA) is 21.3 Å². The average Bonchev–Trinajstić information content (AvgIpc) is 2.69. The molecule has 0 atom stereocenters.